The van der Waals surface area contributed by atoms with Gasteiger partial charge in [-0.05, 0) is 6.92 Å². The van der Waals surface area contributed by atoms with Gasteiger partial charge in [-0.2, -0.15) is 0 Å². The molecule has 0 N–H and O–H groups in total. The number of aldehydes is 1. The Labute approximate surface area is 66.6 Å². The van der Waals surface area contributed by atoms with Crippen molar-refractivity contribution in [3.8, 4) is 0 Å². The molecule has 0 saturated carbocycles. The molecule has 0 aromatic heterocycles. The van der Waals surface area contributed by atoms with Crippen molar-refractivity contribution in [2.24, 2.45) is 0 Å². The van der Waals surface area contributed by atoms with Crippen LogP contribution in [0.4, 0.5) is 0 Å². The molecule has 1 aliphatic rings. The van der Waals surface area contributed by atoms with Crippen molar-refractivity contribution in [1.29, 1.82) is 0 Å². The van der Waals surface area contributed by atoms with Crippen molar-refractivity contribution >= 4 is 6.29 Å². The highest BCUT2D eigenvalue weighted by Gasteiger charge is 2.18. The largest absolute Gasteiger partial charge is 0.370 e. The van der Waals surface area contributed by atoms with Crippen LogP contribution >= 0.6 is 0 Å². The minimum atomic E-state index is -0.263. The number of rotatable bonds is 2. The van der Waals surface area contributed by atoms with E-state index in [0.29, 0.717) is 13.2 Å². The molecule has 1 aliphatic heterocycles. The van der Waals surface area contributed by atoms with Gasteiger partial charge in [0, 0.05) is 12.2 Å². The van der Waals surface area contributed by atoms with E-state index in [2.05, 4.69) is 11.5 Å². The first-order valence-corrected chi connectivity index (χ1v) is 3.71. The second-order valence-corrected chi connectivity index (χ2v) is 2.73. The predicted octanol–water partition coefficient (Wildman–Crippen LogP) is 0.420. The smallest absolute Gasteiger partial charge is 0.150 e. The van der Waals surface area contributed by atoms with Crippen LogP contribution in [0.2, 0.25) is 0 Å². The normalized spacial score (nSPS) is 24.8. The van der Waals surface area contributed by atoms with Crippen molar-refractivity contribution in [1.82, 2.24) is 4.90 Å². The van der Waals surface area contributed by atoms with Crippen LogP contribution in [-0.2, 0) is 9.53 Å². The van der Waals surface area contributed by atoms with Gasteiger partial charge in [0.1, 0.15) is 6.10 Å². The Kier molecular flexibility index (Phi) is 2.65. The first kappa shape index (κ1) is 8.27. The number of nitrogens with zero attached hydrogens (tertiary/aromatic N) is 1. The van der Waals surface area contributed by atoms with Gasteiger partial charge in [0.25, 0.3) is 0 Å². The minimum absolute atomic E-state index is 0.263. The molecule has 0 radical (unpaired) electrons. The fraction of sp³-hybridized carbons (Fsp3) is 0.625. The summed E-state index contributed by atoms with van der Waals surface area (Å²) in [4.78, 5) is 12.4. The molecule has 3 nitrogen and oxygen atoms in total. The highest BCUT2D eigenvalue weighted by atomic mass is 16.5. The van der Waals surface area contributed by atoms with Gasteiger partial charge in [-0.25, -0.2) is 0 Å². The molecule has 0 aliphatic carbocycles. The number of ether oxygens (including phenoxy) is 1. The Hall–Kier alpha value is -0.830. The zero-order valence-electron chi connectivity index (χ0n) is 6.75. The van der Waals surface area contributed by atoms with Crippen molar-refractivity contribution in [3.63, 3.8) is 0 Å². The lowest BCUT2D eigenvalue weighted by atomic mass is 10.3. The average Bonchev–Trinajstić information content (AvgIpc) is 2.05. The Balaban J connectivity index is 2.45. The molecule has 1 unspecified atom stereocenters. The summed E-state index contributed by atoms with van der Waals surface area (Å²) in [7, 11) is 0. The van der Waals surface area contributed by atoms with Gasteiger partial charge in [-0.15, -0.1) is 0 Å². The van der Waals surface area contributed by atoms with Crippen LogP contribution < -0.4 is 0 Å². The van der Waals surface area contributed by atoms with E-state index in [1.807, 2.05) is 6.92 Å². The second-order valence-electron chi connectivity index (χ2n) is 2.73. The minimum Gasteiger partial charge on any atom is -0.370 e. The number of carbonyl (C=O) groups is 1. The maximum absolute atomic E-state index is 10.3. The molecule has 0 bridgehead atoms. The summed E-state index contributed by atoms with van der Waals surface area (Å²) in [5, 5.41) is 0. The molecule has 1 fully saturated rings. The molecule has 1 atom stereocenters. The second kappa shape index (κ2) is 3.53. The van der Waals surface area contributed by atoms with E-state index in [4.69, 9.17) is 4.74 Å². The van der Waals surface area contributed by atoms with Crippen molar-refractivity contribution in [2.45, 2.75) is 13.0 Å². The SMILES string of the molecule is C=C(C)N1CCOC(C=O)C1. The fourth-order valence-corrected chi connectivity index (χ4v) is 1.10. The van der Waals surface area contributed by atoms with Crippen molar-refractivity contribution in [2.75, 3.05) is 19.7 Å². The molecule has 0 spiro atoms. The Morgan fingerprint density at radius 3 is 3.09 bits per heavy atom. The number of morpholine rings is 1. The van der Waals surface area contributed by atoms with Crippen LogP contribution in [0, 0.1) is 0 Å². The Morgan fingerprint density at radius 1 is 1.82 bits per heavy atom. The summed E-state index contributed by atoms with van der Waals surface area (Å²) in [6, 6.07) is 0. The Morgan fingerprint density at radius 2 is 2.55 bits per heavy atom. The highest BCUT2D eigenvalue weighted by molar-refractivity contribution is 5.56. The summed E-state index contributed by atoms with van der Waals surface area (Å²) in [5.74, 6) is 0. The predicted molar refractivity (Wildman–Crippen MR) is 42.2 cm³/mol. The third-order valence-electron chi connectivity index (χ3n) is 1.79. The number of allylic oxidation sites excluding steroid dienone is 1. The summed E-state index contributed by atoms with van der Waals surface area (Å²) >= 11 is 0. The maximum atomic E-state index is 10.3. The number of hydrogen-bond acceptors (Lipinski definition) is 3. The van der Waals surface area contributed by atoms with Gasteiger partial charge in [0.2, 0.25) is 0 Å². The van der Waals surface area contributed by atoms with Crippen molar-refractivity contribution < 1.29 is 9.53 Å². The van der Waals surface area contributed by atoms with E-state index < -0.39 is 0 Å². The average molecular weight is 155 g/mol. The van der Waals surface area contributed by atoms with Crippen LogP contribution in [0.3, 0.4) is 0 Å². The molecule has 0 aromatic rings. The van der Waals surface area contributed by atoms with Crippen molar-refractivity contribution in [3.05, 3.63) is 12.3 Å². The van der Waals surface area contributed by atoms with Crippen LogP contribution in [0.5, 0.6) is 0 Å². The van der Waals surface area contributed by atoms with Gasteiger partial charge in [0.15, 0.2) is 6.29 Å². The summed E-state index contributed by atoms with van der Waals surface area (Å²) in [6.45, 7) is 7.86. The van der Waals surface area contributed by atoms with E-state index in [9.17, 15) is 4.79 Å². The van der Waals surface area contributed by atoms with Crippen LogP contribution in [0.1, 0.15) is 6.92 Å². The quantitative estimate of drug-likeness (QED) is 0.541. The lowest BCUT2D eigenvalue weighted by molar-refractivity contribution is -0.122. The Bertz CT molecular complexity index is 167. The maximum Gasteiger partial charge on any atom is 0.150 e. The molecule has 62 valence electrons. The number of carbonyl (C=O) groups excluding carboxylic acids is 1. The molecular weight excluding hydrogens is 142 g/mol. The molecule has 3 heteroatoms. The zero-order chi connectivity index (χ0) is 8.27. The van der Waals surface area contributed by atoms with E-state index in [0.717, 1.165) is 18.5 Å². The summed E-state index contributed by atoms with van der Waals surface area (Å²) in [6.07, 6.45) is 0.579. The molecule has 1 rings (SSSR count). The topological polar surface area (TPSA) is 29.5 Å². The lowest BCUT2D eigenvalue weighted by Crippen LogP contribution is -2.41. The molecular formula is C8H13NO2. The fourth-order valence-electron chi connectivity index (χ4n) is 1.10. The summed E-state index contributed by atoms with van der Waals surface area (Å²) in [5.41, 5.74) is 1.00. The number of hydrogen-bond donors (Lipinski definition) is 0. The molecule has 0 amide bonds. The van der Waals surface area contributed by atoms with Gasteiger partial charge in [0.05, 0.1) is 13.2 Å². The molecule has 1 heterocycles. The lowest BCUT2D eigenvalue weighted by Gasteiger charge is -2.32. The monoisotopic (exact) mass is 155 g/mol. The van der Waals surface area contributed by atoms with E-state index in [1.165, 1.54) is 0 Å². The van der Waals surface area contributed by atoms with Gasteiger partial charge >= 0.3 is 0 Å². The molecule has 11 heavy (non-hydrogen) atoms. The van der Waals surface area contributed by atoms with Crippen LogP contribution in [0.15, 0.2) is 12.3 Å². The third kappa shape index (κ3) is 2.05. The van der Waals surface area contributed by atoms with Crippen LogP contribution in [-0.4, -0.2) is 37.0 Å². The van der Waals surface area contributed by atoms with Gasteiger partial charge in [-0.3, -0.25) is 0 Å². The van der Waals surface area contributed by atoms with Crippen LogP contribution in [0.25, 0.3) is 0 Å². The summed E-state index contributed by atoms with van der Waals surface area (Å²) < 4.78 is 5.16. The first-order chi connectivity index (χ1) is 5.24. The molecule has 0 aromatic carbocycles. The standard InChI is InChI=1S/C8H13NO2/c1-7(2)9-3-4-11-8(5-9)6-10/h6,8H,1,3-5H2,2H3. The van der Waals surface area contributed by atoms with E-state index in [-0.39, 0.29) is 6.10 Å². The van der Waals surface area contributed by atoms with Gasteiger partial charge < -0.3 is 14.4 Å². The molecule has 1 saturated heterocycles. The highest BCUT2D eigenvalue weighted by Crippen LogP contribution is 2.07. The first-order valence-electron chi connectivity index (χ1n) is 3.71. The van der Waals surface area contributed by atoms with E-state index in [1.54, 1.807) is 0 Å². The third-order valence-corrected chi connectivity index (χ3v) is 1.79. The van der Waals surface area contributed by atoms with E-state index >= 15 is 0 Å². The zero-order valence-corrected chi connectivity index (χ0v) is 6.75. The van der Waals surface area contributed by atoms with Gasteiger partial charge in [-0.1, -0.05) is 6.58 Å².